The normalized spacial score (nSPS) is 23.0. The van der Waals surface area contributed by atoms with Crippen molar-refractivity contribution in [2.75, 3.05) is 36.0 Å². The van der Waals surface area contributed by atoms with Crippen LogP contribution in [0.1, 0.15) is 19.8 Å². The van der Waals surface area contributed by atoms with E-state index in [1.54, 1.807) is 12.1 Å². The number of piperidine rings is 1. The van der Waals surface area contributed by atoms with Crippen molar-refractivity contribution < 1.29 is 18.5 Å². The van der Waals surface area contributed by atoms with Crippen LogP contribution in [0.5, 0.6) is 0 Å². The Bertz CT molecular complexity index is 636. The Morgan fingerprint density at radius 1 is 1.48 bits per heavy atom. The van der Waals surface area contributed by atoms with Crippen molar-refractivity contribution in [1.82, 2.24) is 4.72 Å². The first kappa shape index (κ1) is 18.2. The summed E-state index contributed by atoms with van der Waals surface area (Å²) in [5.74, 6) is -0.363. The zero-order valence-electron chi connectivity index (χ0n) is 14.1. The van der Waals surface area contributed by atoms with Crippen LogP contribution in [-0.2, 0) is 4.74 Å². The van der Waals surface area contributed by atoms with Gasteiger partial charge in [-0.15, -0.1) is 0 Å². The lowest BCUT2D eigenvalue weighted by atomic mass is 9.91. The van der Waals surface area contributed by atoms with Gasteiger partial charge in [-0.2, -0.15) is 0 Å². The van der Waals surface area contributed by atoms with Crippen molar-refractivity contribution in [1.29, 1.82) is 0 Å². The van der Waals surface area contributed by atoms with E-state index in [2.05, 4.69) is 4.72 Å². The number of cyclic esters (lactones) is 1. The summed E-state index contributed by atoms with van der Waals surface area (Å²) in [4.78, 5) is 15.4. The molecule has 1 aromatic rings. The van der Waals surface area contributed by atoms with Crippen LogP contribution in [0.25, 0.3) is 0 Å². The molecule has 0 saturated carbocycles. The summed E-state index contributed by atoms with van der Waals surface area (Å²) in [6.07, 6.45) is 0.715. The van der Waals surface area contributed by atoms with Crippen molar-refractivity contribution >= 4 is 29.7 Å². The summed E-state index contributed by atoms with van der Waals surface area (Å²) in [6, 6.07) is 4.79. The maximum atomic E-state index is 14.6. The van der Waals surface area contributed by atoms with Gasteiger partial charge in [-0.25, -0.2) is 13.9 Å². The molecule has 2 saturated heterocycles. The molecule has 3 rings (SSSR count). The van der Waals surface area contributed by atoms with Crippen LogP contribution >= 0.6 is 12.2 Å². The van der Waals surface area contributed by atoms with Gasteiger partial charge >= 0.3 is 6.09 Å². The van der Waals surface area contributed by atoms with E-state index in [4.69, 9.17) is 15.0 Å². The van der Waals surface area contributed by atoms with Crippen LogP contribution in [-0.4, -0.2) is 48.5 Å². The molecule has 0 spiro atoms. The SMILES string of the molecule is CC1(N)CCN(c2ccc(N3CC(CNSO)OC3=O)cc2F)CC1. The number of nitrogens with one attached hydrogen (secondary N) is 1. The average molecular weight is 370 g/mol. The maximum Gasteiger partial charge on any atom is 0.414 e. The summed E-state index contributed by atoms with van der Waals surface area (Å²) in [5.41, 5.74) is 6.93. The summed E-state index contributed by atoms with van der Waals surface area (Å²) < 4.78 is 31.1. The number of rotatable bonds is 5. The van der Waals surface area contributed by atoms with Crippen LogP contribution in [0, 0.1) is 5.82 Å². The molecule has 7 nitrogen and oxygen atoms in total. The molecule has 2 aliphatic heterocycles. The van der Waals surface area contributed by atoms with Crippen molar-refractivity contribution in [2.24, 2.45) is 5.73 Å². The second kappa shape index (κ2) is 7.36. The quantitative estimate of drug-likeness (QED) is 0.540. The predicted molar refractivity (Wildman–Crippen MR) is 96.3 cm³/mol. The number of nitrogens with zero attached hydrogens (tertiary/aromatic N) is 2. The fraction of sp³-hybridized carbons (Fsp3) is 0.562. The fourth-order valence-electron chi connectivity index (χ4n) is 3.15. The molecule has 2 heterocycles. The highest BCUT2D eigenvalue weighted by Crippen LogP contribution is 2.30. The minimum Gasteiger partial charge on any atom is -0.443 e. The third-order valence-electron chi connectivity index (χ3n) is 4.74. The molecule has 0 radical (unpaired) electrons. The van der Waals surface area contributed by atoms with Gasteiger partial charge in [0.2, 0.25) is 0 Å². The fourth-order valence-corrected chi connectivity index (χ4v) is 3.41. The molecule has 4 N–H and O–H groups in total. The zero-order valence-corrected chi connectivity index (χ0v) is 14.9. The summed E-state index contributed by atoms with van der Waals surface area (Å²) in [7, 11) is 0. The topological polar surface area (TPSA) is 91.1 Å². The van der Waals surface area contributed by atoms with E-state index in [0.717, 1.165) is 12.8 Å². The number of anilines is 2. The number of carbonyl (C=O) groups excluding carboxylic acids is 1. The largest absolute Gasteiger partial charge is 0.443 e. The Kier molecular flexibility index (Phi) is 5.38. The van der Waals surface area contributed by atoms with Gasteiger partial charge in [0.25, 0.3) is 0 Å². The number of amides is 1. The molecule has 0 aromatic heterocycles. The van der Waals surface area contributed by atoms with Gasteiger partial charge in [-0.1, -0.05) is 0 Å². The summed E-state index contributed by atoms with van der Waals surface area (Å²) >= 11 is 0.473. The highest BCUT2D eigenvalue weighted by atomic mass is 32.2. The monoisotopic (exact) mass is 370 g/mol. The third kappa shape index (κ3) is 4.17. The minimum absolute atomic E-state index is 0.192. The van der Waals surface area contributed by atoms with Crippen LogP contribution in [0.3, 0.4) is 0 Å². The number of nitrogens with two attached hydrogens (primary N) is 1. The van der Waals surface area contributed by atoms with Crippen molar-refractivity contribution in [3.8, 4) is 0 Å². The standard InChI is InChI=1S/C16H23FN4O3S/c1-16(18)4-6-20(7-5-16)14-3-2-11(8-13(14)17)21-10-12(9-19-25-23)24-15(21)22/h2-3,8,12,19,23H,4-7,9-10,18H2,1H3. The molecule has 138 valence electrons. The Hall–Kier alpha value is -1.55. The molecule has 0 bridgehead atoms. The molecule has 2 aliphatic rings. The molecule has 1 aromatic carbocycles. The first-order chi connectivity index (χ1) is 11.9. The highest BCUT2D eigenvalue weighted by Gasteiger charge is 2.33. The molecule has 9 heteroatoms. The Labute approximate surface area is 150 Å². The van der Waals surface area contributed by atoms with Gasteiger partial charge in [-0.05, 0) is 38.0 Å². The van der Waals surface area contributed by atoms with Gasteiger partial charge in [0.15, 0.2) is 0 Å². The molecule has 25 heavy (non-hydrogen) atoms. The van der Waals surface area contributed by atoms with E-state index in [1.165, 1.54) is 11.0 Å². The average Bonchev–Trinajstić information content (AvgIpc) is 2.94. The van der Waals surface area contributed by atoms with E-state index < -0.39 is 6.09 Å². The second-order valence-corrected chi connectivity index (χ2v) is 7.30. The number of carbonyl (C=O) groups is 1. The molecular formula is C16H23FN4O3S. The zero-order chi connectivity index (χ0) is 18.0. The maximum absolute atomic E-state index is 14.6. The Balaban J connectivity index is 1.69. The van der Waals surface area contributed by atoms with Gasteiger partial charge in [-0.3, -0.25) is 4.90 Å². The van der Waals surface area contributed by atoms with Gasteiger partial charge in [0.05, 0.1) is 30.1 Å². The Morgan fingerprint density at radius 3 is 2.84 bits per heavy atom. The first-order valence-corrected chi connectivity index (χ1v) is 9.02. The molecule has 1 amide bonds. The number of benzene rings is 1. The van der Waals surface area contributed by atoms with Crippen molar-refractivity contribution in [3.63, 3.8) is 0 Å². The van der Waals surface area contributed by atoms with Crippen molar-refractivity contribution in [3.05, 3.63) is 24.0 Å². The smallest absolute Gasteiger partial charge is 0.414 e. The lowest BCUT2D eigenvalue weighted by Crippen LogP contribution is -2.48. The molecule has 2 fully saturated rings. The number of ether oxygens (including phenoxy) is 1. The van der Waals surface area contributed by atoms with Crippen LogP contribution in [0.4, 0.5) is 20.6 Å². The highest BCUT2D eigenvalue weighted by molar-refractivity contribution is 7.91. The van der Waals surface area contributed by atoms with Gasteiger partial charge in [0, 0.05) is 25.2 Å². The number of hydrogen-bond donors (Lipinski definition) is 3. The van der Waals surface area contributed by atoms with Crippen LogP contribution < -0.4 is 20.3 Å². The third-order valence-corrected chi connectivity index (χ3v) is 5.03. The number of hydrogen-bond acceptors (Lipinski definition) is 7. The van der Waals surface area contributed by atoms with E-state index in [-0.39, 0.29) is 17.5 Å². The van der Waals surface area contributed by atoms with Crippen molar-refractivity contribution in [2.45, 2.75) is 31.4 Å². The van der Waals surface area contributed by atoms with Crippen LogP contribution in [0.2, 0.25) is 0 Å². The van der Waals surface area contributed by atoms with Gasteiger partial charge in [0.1, 0.15) is 11.9 Å². The van der Waals surface area contributed by atoms with E-state index in [0.29, 0.717) is 49.8 Å². The van der Waals surface area contributed by atoms with Crippen LogP contribution in [0.15, 0.2) is 18.2 Å². The molecular weight excluding hydrogens is 347 g/mol. The lowest BCUT2D eigenvalue weighted by molar-refractivity contribution is 0.143. The second-order valence-electron chi connectivity index (χ2n) is 6.83. The molecule has 1 unspecified atom stereocenters. The molecule has 0 aliphatic carbocycles. The lowest BCUT2D eigenvalue weighted by Gasteiger charge is -2.38. The predicted octanol–water partition coefficient (Wildman–Crippen LogP) is 2.18. The van der Waals surface area contributed by atoms with E-state index >= 15 is 0 Å². The van der Waals surface area contributed by atoms with E-state index in [1.807, 2.05) is 11.8 Å². The minimum atomic E-state index is -0.515. The number of halogens is 1. The van der Waals surface area contributed by atoms with E-state index in [9.17, 15) is 9.18 Å². The molecule has 1 atom stereocenters. The summed E-state index contributed by atoms with van der Waals surface area (Å²) in [6.45, 7) is 4.06. The first-order valence-electron chi connectivity index (χ1n) is 8.24. The van der Waals surface area contributed by atoms with Gasteiger partial charge < -0.3 is 19.9 Å². The Morgan fingerprint density at radius 2 is 2.20 bits per heavy atom. The summed E-state index contributed by atoms with van der Waals surface area (Å²) in [5, 5.41) is 0.